The van der Waals surface area contributed by atoms with E-state index in [1.165, 1.54) is 0 Å². The topological polar surface area (TPSA) is 84.2 Å². The molecule has 130 valence electrons. The predicted molar refractivity (Wildman–Crippen MR) is 95.7 cm³/mol. The summed E-state index contributed by atoms with van der Waals surface area (Å²) in [6.45, 7) is 8.78. The first kappa shape index (κ1) is 21.4. The molecule has 0 heterocycles. The van der Waals surface area contributed by atoms with Crippen LogP contribution >= 0.6 is 12.4 Å². The zero-order valence-electron chi connectivity index (χ0n) is 14.3. The Morgan fingerprint density at radius 2 is 1.70 bits per heavy atom. The maximum absolute atomic E-state index is 12.3. The van der Waals surface area contributed by atoms with Crippen LogP contribution in [0, 0.1) is 18.8 Å². The number of benzene rings is 1. The fourth-order valence-electron chi connectivity index (χ4n) is 1.93. The molecule has 0 bridgehead atoms. The number of aryl methyl sites for hydroxylation is 1. The first-order valence-corrected chi connectivity index (χ1v) is 7.70. The molecule has 0 spiro atoms. The van der Waals surface area contributed by atoms with Gasteiger partial charge in [-0.1, -0.05) is 38.5 Å². The minimum absolute atomic E-state index is 0. The minimum atomic E-state index is -0.557. The van der Waals surface area contributed by atoms with Crippen molar-refractivity contribution in [2.75, 3.05) is 13.1 Å². The maximum Gasteiger partial charge on any atom is 0.251 e. The summed E-state index contributed by atoms with van der Waals surface area (Å²) in [6.07, 6.45) is 0. The summed E-state index contributed by atoms with van der Waals surface area (Å²) in [5.41, 5.74) is 7.19. The van der Waals surface area contributed by atoms with E-state index in [4.69, 9.17) is 5.73 Å². The van der Waals surface area contributed by atoms with Crippen LogP contribution in [0.5, 0.6) is 0 Å². The largest absolute Gasteiger partial charge is 0.354 e. The molecule has 2 amide bonds. The van der Waals surface area contributed by atoms with E-state index in [2.05, 4.69) is 10.6 Å². The molecule has 0 saturated carbocycles. The Hall–Kier alpha value is -1.59. The number of amides is 2. The molecule has 0 aliphatic heterocycles. The molecule has 0 aliphatic rings. The van der Waals surface area contributed by atoms with Gasteiger partial charge in [0.05, 0.1) is 0 Å². The molecule has 1 aromatic carbocycles. The van der Waals surface area contributed by atoms with Crippen LogP contribution in [0.25, 0.3) is 0 Å². The van der Waals surface area contributed by atoms with Crippen LogP contribution < -0.4 is 16.4 Å². The first-order valence-electron chi connectivity index (χ1n) is 7.70. The Balaban J connectivity index is 0.00000484. The van der Waals surface area contributed by atoms with E-state index in [-0.39, 0.29) is 36.1 Å². The summed E-state index contributed by atoms with van der Waals surface area (Å²) in [6, 6.07) is 6.72. The van der Waals surface area contributed by atoms with Crippen molar-refractivity contribution >= 4 is 24.2 Å². The maximum atomic E-state index is 12.3. The number of nitrogens with two attached hydrogens (primary N) is 1. The molecule has 1 rings (SSSR count). The van der Waals surface area contributed by atoms with E-state index in [1.807, 2.05) is 39.8 Å². The summed E-state index contributed by atoms with van der Waals surface area (Å²) in [7, 11) is 0. The van der Waals surface area contributed by atoms with Gasteiger partial charge in [0, 0.05) is 12.1 Å². The molecule has 0 fully saturated rings. The molecule has 0 aliphatic carbocycles. The molecule has 4 N–H and O–H groups in total. The van der Waals surface area contributed by atoms with Crippen LogP contribution in [-0.4, -0.2) is 30.9 Å². The summed E-state index contributed by atoms with van der Waals surface area (Å²) < 4.78 is 0. The molecule has 0 radical (unpaired) electrons. The second-order valence-electron chi connectivity index (χ2n) is 6.15. The van der Waals surface area contributed by atoms with Crippen LogP contribution in [0.4, 0.5) is 0 Å². The van der Waals surface area contributed by atoms with Crippen molar-refractivity contribution in [2.24, 2.45) is 17.6 Å². The van der Waals surface area contributed by atoms with E-state index < -0.39 is 6.04 Å². The van der Waals surface area contributed by atoms with Gasteiger partial charge in [0.25, 0.3) is 5.91 Å². The third kappa shape index (κ3) is 7.01. The van der Waals surface area contributed by atoms with Gasteiger partial charge < -0.3 is 16.4 Å². The monoisotopic (exact) mass is 341 g/mol. The number of carbonyl (C=O) groups excluding carboxylic acids is 2. The standard InChI is InChI=1S/C17H27N3O2.ClH/c1-11(2)15(17(22)19-10-13(4)9-18)20-16(21)14-7-5-12(3)6-8-14;/h5-8,11,13,15H,9-10,18H2,1-4H3,(H,19,22)(H,20,21);1H. The third-order valence-corrected chi connectivity index (χ3v) is 3.58. The van der Waals surface area contributed by atoms with Crippen molar-refractivity contribution in [3.8, 4) is 0 Å². The second-order valence-corrected chi connectivity index (χ2v) is 6.15. The van der Waals surface area contributed by atoms with Crippen molar-refractivity contribution < 1.29 is 9.59 Å². The van der Waals surface area contributed by atoms with Crippen LogP contribution in [0.15, 0.2) is 24.3 Å². The average Bonchev–Trinajstić information content (AvgIpc) is 2.49. The van der Waals surface area contributed by atoms with Crippen molar-refractivity contribution in [3.05, 3.63) is 35.4 Å². The van der Waals surface area contributed by atoms with Gasteiger partial charge in [0.2, 0.25) is 5.91 Å². The van der Waals surface area contributed by atoms with E-state index in [0.717, 1.165) is 5.56 Å². The molecule has 0 saturated heterocycles. The van der Waals surface area contributed by atoms with Crippen LogP contribution in [0.2, 0.25) is 0 Å². The quantitative estimate of drug-likeness (QED) is 0.708. The van der Waals surface area contributed by atoms with Gasteiger partial charge in [-0.05, 0) is 37.4 Å². The van der Waals surface area contributed by atoms with E-state index in [1.54, 1.807) is 12.1 Å². The molecule has 1 aromatic rings. The number of rotatable bonds is 7. The van der Waals surface area contributed by atoms with Gasteiger partial charge in [-0.15, -0.1) is 12.4 Å². The lowest BCUT2D eigenvalue weighted by Crippen LogP contribution is -2.50. The SMILES string of the molecule is Cc1ccc(C(=O)NC(C(=O)NCC(C)CN)C(C)C)cc1.Cl. The van der Waals surface area contributed by atoms with E-state index in [0.29, 0.717) is 18.7 Å². The van der Waals surface area contributed by atoms with Gasteiger partial charge in [0.15, 0.2) is 0 Å². The molecular weight excluding hydrogens is 314 g/mol. The van der Waals surface area contributed by atoms with Gasteiger partial charge >= 0.3 is 0 Å². The molecule has 5 nitrogen and oxygen atoms in total. The predicted octanol–water partition coefficient (Wildman–Crippen LogP) is 1.88. The fourth-order valence-corrected chi connectivity index (χ4v) is 1.93. The molecular formula is C17H28ClN3O2. The number of hydrogen-bond acceptors (Lipinski definition) is 3. The highest BCUT2D eigenvalue weighted by Crippen LogP contribution is 2.07. The minimum Gasteiger partial charge on any atom is -0.354 e. The lowest BCUT2D eigenvalue weighted by molar-refractivity contribution is -0.124. The fraction of sp³-hybridized carbons (Fsp3) is 0.529. The highest BCUT2D eigenvalue weighted by molar-refractivity contribution is 5.97. The summed E-state index contributed by atoms with van der Waals surface area (Å²) >= 11 is 0. The summed E-state index contributed by atoms with van der Waals surface area (Å²) in [5, 5.41) is 5.66. The van der Waals surface area contributed by atoms with Crippen LogP contribution in [0.1, 0.15) is 36.7 Å². The van der Waals surface area contributed by atoms with Crippen LogP contribution in [-0.2, 0) is 4.79 Å². The van der Waals surface area contributed by atoms with Gasteiger partial charge in [-0.2, -0.15) is 0 Å². The smallest absolute Gasteiger partial charge is 0.251 e. The zero-order valence-corrected chi connectivity index (χ0v) is 15.1. The Kier molecular flexibility index (Phi) is 9.53. The summed E-state index contributed by atoms with van der Waals surface area (Å²) in [5.74, 6) is -0.191. The third-order valence-electron chi connectivity index (χ3n) is 3.58. The Labute approximate surface area is 144 Å². The molecule has 0 aromatic heterocycles. The van der Waals surface area contributed by atoms with Gasteiger partial charge in [-0.3, -0.25) is 9.59 Å². The number of carbonyl (C=O) groups is 2. The van der Waals surface area contributed by atoms with Crippen molar-refractivity contribution in [3.63, 3.8) is 0 Å². The molecule has 23 heavy (non-hydrogen) atoms. The van der Waals surface area contributed by atoms with E-state index >= 15 is 0 Å². The number of halogens is 1. The number of nitrogens with one attached hydrogen (secondary N) is 2. The normalized spacial score (nSPS) is 13.0. The lowest BCUT2D eigenvalue weighted by Gasteiger charge is -2.22. The highest BCUT2D eigenvalue weighted by Gasteiger charge is 2.24. The zero-order chi connectivity index (χ0) is 16.7. The Morgan fingerprint density at radius 1 is 1.13 bits per heavy atom. The van der Waals surface area contributed by atoms with Gasteiger partial charge in [0.1, 0.15) is 6.04 Å². The summed E-state index contributed by atoms with van der Waals surface area (Å²) in [4.78, 5) is 24.5. The van der Waals surface area contributed by atoms with Crippen molar-refractivity contribution in [1.82, 2.24) is 10.6 Å². The Bertz CT molecular complexity index is 503. The molecule has 6 heteroatoms. The van der Waals surface area contributed by atoms with Crippen LogP contribution in [0.3, 0.4) is 0 Å². The van der Waals surface area contributed by atoms with Crippen molar-refractivity contribution in [2.45, 2.75) is 33.7 Å². The second kappa shape index (κ2) is 10.2. The average molecular weight is 342 g/mol. The van der Waals surface area contributed by atoms with Crippen molar-refractivity contribution in [1.29, 1.82) is 0 Å². The number of hydrogen-bond donors (Lipinski definition) is 3. The lowest BCUT2D eigenvalue weighted by atomic mass is 10.0. The van der Waals surface area contributed by atoms with Gasteiger partial charge in [-0.25, -0.2) is 0 Å². The molecule has 2 unspecified atom stereocenters. The first-order chi connectivity index (χ1) is 10.3. The van der Waals surface area contributed by atoms with E-state index in [9.17, 15) is 9.59 Å². The Morgan fingerprint density at radius 3 is 2.17 bits per heavy atom. The molecule has 2 atom stereocenters. The highest BCUT2D eigenvalue weighted by atomic mass is 35.5.